The van der Waals surface area contributed by atoms with Gasteiger partial charge in [0.1, 0.15) is 11.3 Å². The third-order valence-electron chi connectivity index (χ3n) is 7.93. The van der Waals surface area contributed by atoms with Gasteiger partial charge in [-0.3, -0.25) is 14.8 Å². The highest BCUT2D eigenvalue weighted by Crippen LogP contribution is 2.61. The number of nitrogens with zero attached hydrogens (tertiary/aromatic N) is 2. The molecular formula is C25H31N3O4. The Bertz CT molecular complexity index is 1110. The normalized spacial score (nSPS) is 29.5. The molecule has 4 fully saturated rings. The van der Waals surface area contributed by atoms with Crippen LogP contribution in [0.15, 0.2) is 38.8 Å². The summed E-state index contributed by atoms with van der Waals surface area (Å²) >= 11 is 0. The number of hydrogen-bond acceptors (Lipinski definition) is 5. The lowest BCUT2D eigenvalue weighted by atomic mass is 9.48. The molecule has 2 N–H and O–H groups in total. The summed E-state index contributed by atoms with van der Waals surface area (Å²) < 4.78 is 6.53. The van der Waals surface area contributed by atoms with E-state index in [9.17, 15) is 14.7 Å². The Kier molecular flexibility index (Phi) is 5.22. The number of ether oxygens (including phenoxy) is 1. The highest BCUT2D eigenvalue weighted by Gasteiger charge is 2.53. The lowest BCUT2D eigenvalue weighted by Gasteiger charge is -2.58. The maximum atomic E-state index is 12.5. The summed E-state index contributed by atoms with van der Waals surface area (Å²) in [6.07, 6.45) is 9.19. The quantitative estimate of drug-likeness (QED) is 0.674. The first-order valence-electron chi connectivity index (χ1n) is 11.7. The van der Waals surface area contributed by atoms with Gasteiger partial charge in [0.05, 0.1) is 18.3 Å². The molecule has 1 aromatic carbocycles. The average molecular weight is 438 g/mol. The molecule has 4 aliphatic carbocycles. The molecule has 7 nitrogen and oxygen atoms in total. The van der Waals surface area contributed by atoms with Crippen molar-refractivity contribution in [1.29, 1.82) is 0 Å². The van der Waals surface area contributed by atoms with Crippen LogP contribution >= 0.6 is 0 Å². The van der Waals surface area contributed by atoms with Crippen LogP contribution in [0, 0.1) is 23.2 Å². The van der Waals surface area contributed by atoms with Crippen LogP contribution in [0.1, 0.15) is 57.9 Å². The third kappa shape index (κ3) is 3.57. The number of aromatic hydroxyl groups is 1. The molecule has 1 heterocycles. The average Bonchev–Trinajstić information content (AvgIpc) is 2.73. The van der Waals surface area contributed by atoms with E-state index in [1.807, 2.05) is 6.92 Å². The zero-order chi connectivity index (χ0) is 22.5. The summed E-state index contributed by atoms with van der Waals surface area (Å²) in [5.74, 6) is 2.72. The van der Waals surface area contributed by atoms with Crippen molar-refractivity contribution in [1.82, 2.24) is 9.55 Å². The van der Waals surface area contributed by atoms with E-state index in [1.165, 1.54) is 44.7 Å². The van der Waals surface area contributed by atoms with Crippen LogP contribution in [-0.4, -0.2) is 33.5 Å². The van der Waals surface area contributed by atoms with Gasteiger partial charge in [-0.1, -0.05) is 0 Å². The van der Waals surface area contributed by atoms with Gasteiger partial charge >= 0.3 is 5.69 Å². The maximum absolute atomic E-state index is 12.5. The van der Waals surface area contributed by atoms with Crippen LogP contribution in [0.25, 0.3) is 5.69 Å². The summed E-state index contributed by atoms with van der Waals surface area (Å²) in [6, 6.07) is 6.85. The highest BCUT2D eigenvalue weighted by atomic mass is 16.5. The number of rotatable bonds is 6. The standard InChI is InChI=1S/C25H31N3O4/c1-3-32-20-6-4-19(5-7-20)28-23(30)21(22(29)27-24(28)31)14-26-15(2)25-11-16-8-17(12-25)10-18(9-16)13-25/h4-7,14-18,30H,3,8-13H2,1-2H3,(H,27,29,31)/t15-,16?,17?,18?,25?/m0/s1. The van der Waals surface area contributed by atoms with Crippen LogP contribution in [0.4, 0.5) is 0 Å². The Morgan fingerprint density at radius 3 is 2.31 bits per heavy atom. The molecule has 170 valence electrons. The van der Waals surface area contributed by atoms with E-state index >= 15 is 0 Å². The van der Waals surface area contributed by atoms with E-state index in [1.54, 1.807) is 24.3 Å². The van der Waals surface area contributed by atoms with Gasteiger partial charge < -0.3 is 9.84 Å². The monoisotopic (exact) mass is 437 g/mol. The van der Waals surface area contributed by atoms with Gasteiger partial charge in [0.2, 0.25) is 5.88 Å². The predicted octanol–water partition coefficient (Wildman–Crippen LogP) is 3.65. The number of hydrogen-bond donors (Lipinski definition) is 2. The lowest BCUT2D eigenvalue weighted by Crippen LogP contribution is -2.50. The smallest absolute Gasteiger partial charge is 0.335 e. The zero-order valence-electron chi connectivity index (χ0n) is 18.7. The van der Waals surface area contributed by atoms with Crippen molar-refractivity contribution < 1.29 is 9.84 Å². The summed E-state index contributed by atoms with van der Waals surface area (Å²) in [5.41, 5.74) is -0.665. The third-order valence-corrected chi connectivity index (χ3v) is 7.93. The van der Waals surface area contributed by atoms with Crippen LogP contribution in [0.2, 0.25) is 0 Å². The van der Waals surface area contributed by atoms with E-state index in [0.29, 0.717) is 18.0 Å². The second-order valence-corrected chi connectivity index (χ2v) is 9.99. The first-order valence-corrected chi connectivity index (χ1v) is 11.7. The van der Waals surface area contributed by atoms with Crippen molar-refractivity contribution in [2.24, 2.45) is 28.2 Å². The van der Waals surface area contributed by atoms with Gasteiger partial charge in [-0.25, -0.2) is 9.36 Å². The maximum Gasteiger partial charge on any atom is 0.335 e. The molecule has 1 atom stereocenters. The van der Waals surface area contributed by atoms with E-state index < -0.39 is 17.1 Å². The molecule has 7 heteroatoms. The number of aliphatic imine (C=N–C) groups is 1. The first-order chi connectivity index (χ1) is 15.4. The number of benzene rings is 1. The number of H-pyrrole nitrogens is 1. The second kappa shape index (κ2) is 7.94. The van der Waals surface area contributed by atoms with Crippen LogP contribution < -0.4 is 16.0 Å². The minimum atomic E-state index is -0.692. The summed E-state index contributed by atoms with van der Waals surface area (Å²) in [4.78, 5) is 32.1. The van der Waals surface area contributed by atoms with Crippen LogP contribution in [-0.2, 0) is 0 Å². The molecule has 0 amide bonds. The first kappa shape index (κ1) is 21.0. The van der Waals surface area contributed by atoms with Gasteiger partial charge in [0.25, 0.3) is 5.56 Å². The fraction of sp³-hybridized carbons (Fsp3) is 0.560. The summed E-state index contributed by atoms with van der Waals surface area (Å²) in [6.45, 7) is 4.56. The summed E-state index contributed by atoms with van der Waals surface area (Å²) in [7, 11) is 0. The highest BCUT2D eigenvalue weighted by molar-refractivity contribution is 5.82. The minimum Gasteiger partial charge on any atom is -0.494 e. The molecule has 2 aromatic rings. The van der Waals surface area contributed by atoms with E-state index in [2.05, 4.69) is 11.9 Å². The fourth-order valence-corrected chi connectivity index (χ4v) is 6.79. The molecule has 32 heavy (non-hydrogen) atoms. The van der Waals surface area contributed by atoms with Gasteiger partial charge in [0, 0.05) is 6.21 Å². The van der Waals surface area contributed by atoms with E-state index in [-0.39, 0.29) is 17.0 Å². The number of nitrogens with one attached hydrogen (secondary N) is 1. The van der Waals surface area contributed by atoms with Gasteiger partial charge in [-0.2, -0.15) is 0 Å². The molecule has 0 aliphatic heterocycles. The predicted molar refractivity (Wildman–Crippen MR) is 123 cm³/mol. The molecule has 4 bridgehead atoms. The Labute approximate surface area is 187 Å². The largest absolute Gasteiger partial charge is 0.494 e. The minimum absolute atomic E-state index is 0.00932. The van der Waals surface area contributed by atoms with E-state index in [0.717, 1.165) is 22.3 Å². The topological polar surface area (TPSA) is 96.7 Å². The molecule has 0 saturated heterocycles. The Morgan fingerprint density at radius 2 is 1.75 bits per heavy atom. The van der Waals surface area contributed by atoms with Crippen molar-refractivity contribution in [2.45, 2.75) is 58.4 Å². The Morgan fingerprint density at radius 1 is 1.16 bits per heavy atom. The van der Waals surface area contributed by atoms with Crippen molar-refractivity contribution in [2.75, 3.05) is 6.61 Å². The second-order valence-electron chi connectivity index (χ2n) is 9.99. The fourth-order valence-electron chi connectivity index (χ4n) is 6.79. The van der Waals surface area contributed by atoms with E-state index in [4.69, 9.17) is 9.73 Å². The van der Waals surface area contributed by atoms with Gasteiger partial charge in [-0.15, -0.1) is 0 Å². The molecule has 0 spiro atoms. The molecular weight excluding hydrogens is 406 g/mol. The molecule has 6 rings (SSSR count). The van der Waals surface area contributed by atoms with Crippen molar-refractivity contribution in [3.05, 3.63) is 50.7 Å². The van der Waals surface area contributed by atoms with Crippen LogP contribution in [0.5, 0.6) is 11.6 Å². The van der Waals surface area contributed by atoms with Crippen molar-refractivity contribution in [3.8, 4) is 17.3 Å². The molecule has 0 unspecified atom stereocenters. The Hall–Kier alpha value is -2.83. The van der Waals surface area contributed by atoms with Gasteiger partial charge in [-0.05, 0) is 99.8 Å². The van der Waals surface area contributed by atoms with Crippen molar-refractivity contribution >= 4 is 6.21 Å². The van der Waals surface area contributed by atoms with Gasteiger partial charge in [0.15, 0.2) is 0 Å². The van der Waals surface area contributed by atoms with Crippen LogP contribution in [0.3, 0.4) is 0 Å². The molecule has 4 saturated carbocycles. The number of aromatic amines is 1. The summed E-state index contributed by atoms with van der Waals surface area (Å²) in [5, 5.41) is 10.8. The molecule has 4 aliphatic rings. The number of aromatic nitrogens is 2. The Balaban J connectivity index is 1.45. The molecule has 0 radical (unpaired) electrons. The lowest BCUT2D eigenvalue weighted by molar-refractivity contribution is -0.0632. The SMILES string of the molecule is CCOc1ccc(-n2c(O)c(C=N[C@@H](C)C34CC5CC(CC(C5)C3)C4)c(=O)[nH]c2=O)cc1. The zero-order valence-corrected chi connectivity index (χ0v) is 18.7. The van der Waals surface area contributed by atoms with Crippen molar-refractivity contribution in [3.63, 3.8) is 0 Å². The molecule has 1 aromatic heterocycles.